The molecule has 4 aromatic rings. The van der Waals surface area contributed by atoms with Crippen LogP contribution in [0.3, 0.4) is 0 Å². The fraction of sp³-hybridized carbons (Fsp3) is 0.323. The molecule has 3 aromatic carbocycles. The van der Waals surface area contributed by atoms with E-state index in [4.69, 9.17) is 23.7 Å². The van der Waals surface area contributed by atoms with Gasteiger partial charge in [-0.1, -0.05) is 6.07 Å². The minimum Gasteiger partial charge on any atom is -0.497 e. The lowest BCUT2D eigenvalue weighted by molar-refractivity contribution is 0.0827. The molecule has 7 rings (SSSR count). The first-order chi connectivity index (χ1) is 19.1. The molecule has 0 amide bonds. The molecule has 1 aromatic heterocycles. The van der Waals surface area contributed by atoms with Crippen LogP contribution in [0, 0.1) is 0 Å². The Kier molecular flexibility index (Phi) is 5.66. The van der Waals surface area contributed by atoms with Crippen molar-refractivity contribution in [1.82, 2.24) is 9.47 Å². The SMILES string of the molecule is COc1ccc2c(ccn2C(=O)CC2c3ccc(OC)c(OC)c3CN3CCc4cc5c(cc4C23)OCO5)c1. The highest BCUT2D eigenvalue weighted by Crippen LogP contribution is 2.53. The number of hydrogen-bond acceptors (Lipinski definition) is 7. The van der Waals surface area contributed by atoms with Crippen LogP contribution >= 0.6 is 0 Å². The third kappa shape index (κ3) is 3.73. The zero-order chi connectivity index (χ0) is 26.7. The van der Waals surface area contributed by atoms with E-state index in [1.807, 2.05) is 36.5 Å². The molecule has 0 aliphatic carbocycles. The van der Waals surface area contributed by atoms with Crippen LogP contribution in [-0.2, 0) is 13.0 Å². The molecule has 0 N–H and O–H groups in total. The van der Waals surface area contributed by atoms with Gasteiger partial charge in [0.1, 0.15) is 5.75 Å². The quantitative estimate of drug-likeness (QED) is 0.348. The molecule has 2 atom stereocenters. The van der Waals surface area contributed by atoms with Crippen molar-refractivity contribution < 1.29 is 28.5 Å². The predicted molar refractivity (Wildman–Crippen MR) is 145 cm³/mol. The van der Waals surface area contributed by atoms with E-state index in [-0.39, 0.29) is 24.7 Å². The zero-order valence-electron chi connectivity index (χ0n) is 22.2. The van der Waals surface area contributed by atoms with E-state index in [1.165, 1.54) is 11.1 Å². The van der Waals surface area contributed by atoms with Crippen LogP contribution < -0.4 is 23.7 Å². The lowest BCUT2D eigenvalue weighted by atomic mass is 9.74. The van der Waals surface area contributed by atoms with Gasteiger partial charge in [-0.2, -0.15) is 0 Å². The molecule has 0 saturated carbocycles. The first-order valence-corrected chi connectivity index (χ1v) is 13.2. The molecule has 2 unspecified atom stereocenters. The standard InChI is InChI=1S/C31H30N2O6/c1-35-20-4-6-25-19(12-20)9-11-33(25)29(34)15-23-21-5-7-26(36-2)31(37-3)24(21)16-32-10-8-18-13-27-28(39-17-38-27)14-22(18)30(23)32/h4-7,9,11-14,23,30H,8,10,15-17H2,1-3H3. The summed E-state index contributed by atoms with van der Waals surface area (Å²) in [6.45, 7) is 1.82. The smallest absolute Gasteiger partial charge is 0.231 e. The largest absolute Gasteiger partial charge is 0.497 e. The van der Waals surface area contributed by atoms with E-state index in [0.717, 1.165) is 58.0 Å². The highest BCUT2D eigenvalue weighted by Gasteiger charge is 2.42. The Bertz CT molecular complexity index is 1610. The molecule has 8 heteroatoms. The van der Waals surface area contributed by atoms with Gasteiger partial charge in [0, 0.05) is 48.6 Å². The van der Waals surface area contributed by atoms with Gasteiger partial charge < -0.3 is 23.7 Å². The first kappa shape index (κ1) is 23.9. The maximum atomic E-state index is 14.0. The van der Waals surface area contributed by atoms with Crippen LogP contribution in [0.25, 0.3) is 10.9 Å². The lowest BCUT2D eigenvalue weighted by Gasteiger charge is -2.46. The molecule has 0 saturated heterocycles. The number of carbonyl (C=O) groups is 1. The van der Waals surface area contributed by atoms with Gasteiger partial charge in [-0.05, 0) is 65.6 Å². The molecule has 3 aliphatic heterocycles. The fourth-order valence-electron chi connectivity index (χ4n) is 6.60. The molecule has 39 heavy (non-hydrogen) atoms. The zero-order valence-corrected chi connectivity index (χ0v) is 22.2. The second-order valence-corrected chi connectivity index (χ2v) is 10.3. The topological polar surface area (TPSA) is 71.4 Å². The van der Waals surface area contributed by atoms with Gasteiger partial charge in [0.25, 0.3) is 0 Å². The molecule has 0 bridgehead atoms. The van der Waals surface area contributed by atoms with Crippen molar-refractivity contribution in [1.29, 1.82) is 0 Å². The average molecular weight is 527 g/mol. The van der Waals surface area contributed by atoms with Crippen molar-refractivity contribution in [2.24, 2.45) is 0 Å². The monoisotopic (exact) mass is 526 g/mol. The van der Waals surface area contributed by atoms with Crippen LogP contribution in [0.15, 0.2) is 54.7 Å². The summed E-state index contributed by atoms with van der Waals surface area (Å²) in [5.74, 6) is 3.71. The number of benzene rings is 3. The van der Waals surface area contributed by atoms with E-state index < -0.39 is 0 Å². The highest BCUT2D eigenvalue weighted by molar-refractivity contribution is 5.93. The third-order valence-corrected chi connectivity index (χ3v) is 8.40. The van der Waals surface area contributed by atoms with Crippen LogP contribution in [0.2, 0.25) is 0 Å². The predicted octanol–water partition coefficient (Wildman–Crippen LogP) is 5.32. The van der Waals surface area contributed by atoms with E-state index >= 15 is 0 Å². The molecule has 4 heterocycles. The number of fused-ring (bicyclic) bond motifs is 6. The molecule has 3 aliphatic rings. The van der Waals surface area contributed by atoms with Crippen LogP contribution in [0.5, 0.6) is 28.7 Å². The molecule has 8 nitrogen and oxygen atoms in total. The number of aromatic nitrogens is 1. The number of methoxy groups -OCH3 is 3. The Morgan fingerprint density at radius 2 is 1.79 bits per heavy atom. The summed E-state index contributed by atoms with van der Waals surface area (Å²) in [4.78, 5) is 16.5. The number of hydrogen-bond donors (Lipinski definition) is 0. The number of ether oxygens (including phenoxy) is 5. The van der Waals surface area contributed by atoms with Crippen LogP contribution in [-0.4, -0.2) is 50.0 Å². The van der Waals surface area contributed by atoms with Gasteiger partial charge in [0.15, 0.2) is 23.0 Å². The number of carbonyl (C=O) groups excluding carboxylic acids is 1. The summed E-state index contributed by atoms with van der Waals surface area (Å²) in [6, 6.07) is 16.0. The second kappa shape index (κ2) is 9.24. The average Bonchev–Trinajstić information content (AvgIpc) is 3.61. The van der Waals surface area contributed by atoms with Crippen molar-refractivity contribution in [2.45, 2.75) is 31.3 Å². The minimum absolute atomic E-state index is 0.0136. The van der Waals surface area contributed by atoms with Gasteiger partial charge in [0.2, 0.25) is 12.7 Å². The first-order valence-electron chi connectivity index (χ1n) is 13.2. The molecular weight excluding hydrogens is 496 g/mol. The number of rotatable bonds is 5. The number of nitrogens with zero attached hydrogens (tertiary/aromatic N) is 2. The van der Waals surface area contributed by atoms with Crippen molar-refractivity contribution in [2.75, 3.05) is 34.7 Å². The van der Waals surface area contributed by atoms with Crippen molar-refractivity contribution >= 4 is 16.8 Å². The molecule has 0 spiro atoms. The van der Waals surface area contributed by atoms with E-state index in [2.05, 4.69) is 23.1 Å². The second-order valence-electron chi connectivity index (χ2n) is 10.3. The van der Waals surface area contributed by atoms with Gasteiger partial charge >= 0.3 is 0 Å². The summed E-state index contributed by atoms with van der Waals surface area (Å²) in [5, 5.41) is 0.968. The maximum absolute atomic E-state index is 14.0. The molecular formula is C31H30N2O6. The van der Waals surface area contributed by atoms with E-state index in [9.17, 15) is 4.79 Å². The van der Waals surface area contributed by atoms with E-state index in [0.29, 0.717) is 18.7 Å². The Morgan fingerprint density at radius 3 is 2.59 bits per heavy atom. The summed E-state index contributed by atoms with van der Waals surface area (Å²) in [7, 11) is 4.98. The highest BCUT2D eigenvalue weighted by atomic mass is 16.7. The van der Waals surface area contributed by atoms with Gasteiger partial charge in [-0.25, -0.2) is 0 Å². The van der Waals surface area contributed by atoms with Crippen molar-refractivity contribution in [3.8, 4) is 28.7 Å². The Balaban J connectivity index is 1.35. The summed E-state index contributed by atoms with van der Waals surface area (Å²) in [6.07, 6.45) is 3.08. The molecule has 0 fully saturated rings. The molecule has 0 radical (unpaired) electrons. The summed E-state index contributed by atoms with van der Waals surface area (Å²) >= 11 is 0. The normalized spacial score (nSPS) is 19.3. The summed E-state index contributed by atoms with van der Waals surface area (Å²) in [5.41, 5.74) is 5.52. The summed E-state index contributed by atoms with van der Waals surface area (Å²) < 4.78 is 30.1. The van der Waals surface area contributed by atoms with Gasteiger partial charge in [0.05, 0.1) is 26.8 Å². The van der Waals surface area contributed by atoms with Crippen LogP contribution in [0.4, 0.5) is 0 Å². The lowest BCUT2D eigenvalue weighted by Crippen LogP contribution is -2.42. The van der Waals surface area contributed by atoms with Gasteiger partial charge in [-0.15, -0.1) is 0 Å². The van der Waals surface area contributed by atoms with Crippen molar-refractivity contribution in [3.05, 3.63) is 77.0 Å². The Morgan fingerprint density at radius 1 is 0.949 bits per heavy atom. The Labute approximate surface area is 226 Å². The Hall–Kier alpha value is -4.17. The van der Waals surface area contributed by atoms with E-state index in [1.54, 1.807) is 25.9 Å². The maximum Gasteiger partial charge on any atom is 0.231 e. The van der Waals surface area contributed by atoms with Crippen LogP contribution in [0.1, 0.15) is 45.4 Å². The van der Waals surface area contributed by atoms with Crippen molar-refractivity contribution in [3.63, 3.8) is 0 Å². The molecule has 200 valence electrons. The minimum atomic E-state index is -0.101. The third-order valence-electron chi connectivity index (χ3n) is 8.40. The fourth-order valence-corrected chi connectivity index (χ4v) is 6.60. The van der Waals surface area contributed by atoms with Gasteiger partial charge in [-0.3, -0.25) is 14.3 Å².